The van der Waals surface area contributed by atoms with Crippen molar-refractivity contribution in [3.05, 3.63) is 69.8 Å². The van der Waals surface area contributed by atoms with Crippen LogP contribution in [0, 0.1) is 0 Å². The van der Waals surface area contributed by atoms with Crippen molar-refractivity contribution in [2.75, 3.05) is 13.1 Å². The quantitative estimate of drug-likeness (QED) is 0.588. The van der Waals surface area contributed by atoms with Gasteiger partial charge in [0.1, 0.15) is 0 Å². The number of halogens is 2. The molecule has 1 amide bonds. The predicted molar refractivity (Wildman–Crippen MR) is 112 cm³/mol. The summed E-state index contributed by atoms with van der Waals surface area (Å²) in [5.41, 5.74) is 3.45. The number of rotatable bonds is 4. The Morgan fingerprint density at radius 2 is 1.85 bits per heavy atom. The van der Waals surface area contributed by atoms with Gasteiger partial charge in [0.15, 0.2) is 0 Å². The molecule has 1 aromatic heterocycles. The Morgan fingerprint density at radius 1 is 1.07 bits per heavy atom. The van der Waals surface area contributed by atoms with Gasteiger partial charge in [0.2, 0.25) is 5.91 Å². The van der Waals surface area contributed by atoms with Crippen molar-refractivity contribution in [3.8, 4) is 0 Å². The molecule has 0 atom stereocenters. The van der Waals surface area contributed by atoms with Crippen LogP contribution in [0.25, 0.3) is 10.9 Å². The smallest absolute Gasteiger partial charge is 0.222 e. The van der Waals surface area contributed by atoms with Gasteiger partial charge in [-0.3, -0.25) is 4.79 Å². The van der Waals surface area contributed by atoms with Crippen molar-refractivity contribution in [3.63, 3.8) is 0 Å². The molecule has 1 N–H and O–H groups in total. The third kappa shape index (κ3) is 4.15. The number of benzene rings is 2. The average Bonchev–Trinajstić information content (AvgIpc) is 3.11. The van der Waals surface area contributed by atoms with Crippen molar-refractivity contribution in [1.29, 1.82) is 0 Å². The minimum absolute atomic E-state index is 0.205. The first-order chi connectivity index (χ1) is 13.1. The summed E-state index contributed by atoms with van der Waals surface area (Å²) in [6.45, 7) is 1.63. The number of aromatic nitrogens is 1. The van der Waals surface area contributed by atoms with E-state index in [-0.39, 0.29) is 5.91 Å². The number of carbonyl (C=O) groups excluding carboxylic acids is 1. The average molecular weight is 401 g/mol. The van der Waals surface area contributed by atoms with E-state index >= 15 is 0 Å². The molecule has 140 valence electrons. The van der Waals surface area contributed by atoms with Gasteiger partial charge < -0.3 is 9.88 Å². The molecule has 3 aromatic rings. The molecule has 0 radical (unpaired) electrons. The van der Waals surface area contributed by atoms with Crippen LogP contribution in [0.1, 0.15) is 36.4 Å². The molecule has 1 aliphatic rings. The highest BCUT2D eigenvalue weighted by molar-refractivity contribution is 6.35. The summed E-state index contributed by atoms with van der Waals surface area (Å²) >= 11 is 12.1. The predicted octanol–water partition coefficient (Wildman–Crippen LogP) is 5.81. The minimum Gasteiger partial charge on any atom is -0.358 e. The third-order valence-corrected chi connectivity index (χ3v) is 6.05. The van der Waals surface area contributed by atoms with Gasteiger partial charge in [-0.1, -0.05) is 47.5 Å². The fraction of sp³-hybridized carbons (Fsp3) is 0.318. The van der Waals surface area contributed by atoms with Crippen LogP contribution in [-0.2, 0) is 11.2 Å². The van der Waals surface area contributed by atoms with Crippen molar-refractivity contribution in [2.45, 2.75) is 31.6 Å². The van der Waals surface area contributed by atoms with Crippen molar-refractivity contribution >= 4 is 40.0 Å². The van der Waals surface area contributed by atoms with Gasteiger partial charge in [0.05, 0.1) is 0 Å². The maximum atomic E-state index is 12.6. The minimum atomic E-state index is 0.205. The highest BCUT2D eigenvalue weighted by Crippen LogP contribution is 2.30. The Morgan fingerprint density at radius 3 is 2.59 bits per heavy atom. The number of hydrogen-bond acceptors (Lipinski definition) is 1. The maximum absolute atomic E-state index is 12.6. The van der Waals surface area contributed by atoms with Gasteiger partial charge in [0.25, 0.3) is 0 Å². The zero-order valence-electron chi connectivity index (χ0n) is 15.1. The summed E-state index contributed by atoms with van der Waals surface area (Å²) in [4.78, 5) is 18.1. The van der Waals surface area contributed by atoms with Crippen LogP contribution >= 0.6 is 23.2 Å². The number of hydrogen-bond donors (Lipinski definition) is 1. The van der Waals surface area contributed by atoms with E-state index in [0.29, 0.717) is 28.8 Å². The highest BCUT2D eigenvalue weighted by Gasteiger charge is 2.24. The molecule has 1 saturated heterocycles. The molecule has 3 nitrogen and oxygen atoms in total. The molecule has 0 saturated carbocycles. The maximum Gasteiger partial charge on any atom is 0.222 e. The van der Waals surface area contributed by atoms with Gasteiger partial charge in [-0.25, -0.2) is 0 Å². The zero-order valence-corrected chi connectivity index (χ0v) is 16.6. The van der Waals surface area contributed by atoms with Crippen molar-refractivity contribution in [2.24, 2.45) is 0 Å². The second-order valence-electron chi connectivity index (χ2n) is 7.20. The number of likely N-dealkylation sites (tertiary alicyclic amines) is 1. The number of piperidine rings is 1. The van der Waals surface area contributed by atoms with Crippen LogP contribution in [0.2, 0.25) is 10.0 Å². The van der Waals surface area contributed by atoms with Gasteiger partial charge in [-0.2, -0.15) is 0 Å². The van der Waals surface area contributed by atoms with E-state index in [0.717, 1.165) is 31.5 Å². The van der Waals surface area contributed by atoms with Crippen LogP contribution in [-0.4, -0.2) is 28.9 Å². The summed E-state index contributed by atoms with van der Waals surface area (Å²) < 4.78 is 0. The number of aromatic amines is 1. The van der Waals surface area contributed by atoms with Crippen LogP contribution in [0.5, 0.6) is 0 Å². The Labute approximate surface area is 169 Å². The molecule has 1 aliphatic heterocycles. The van der Waals surface area contributed by atoms with E-state index in [1.807, 2.05) is 17.0 Å². The molecule has 0 bridgehead atoms. The Hall–Kier alpha value is -1.97. The van der Waals surface area contributed by atoms with Gasteiger partial charge in [-0.15, -0.1) is 0 Å². The molecule has 0 aliphatic carbocycles. The largest absolute Gasteiger partial charge is 0.358 e. The fourth-order valence-corrected chi connectivity index (χ4v) is 4.38. The number of nitrogens with zero attached hydrogens (tertiary/aromatic N) is 1. The van der Waals surface area contributed by atoms with Gasteiger partial charge in [-0.05, 0) is 54.5 Å². The number of aryl methyl sites for hydroxylation is 1. The molecule has 2 heterocycles. The molecule has 0 spiro atoms. The van der Waals surface area contributed by atoms with Gasteiger partial charge in [0, 0.05) is 46.7 Å². The van der Waals surface area contributed by atoms with Crippen LogP contribution in [0.15, 0.2) is 48.5 Å². The molecular weight excluding hydrogens is 379 g/mol. The molecule has 2 aromatic carbocycles. The first-order valence-corrected chi connectivity index (χ1v) is 10.1. The van der Waals surface area contributed by atoms with Crippen LogP contribution < -0.4 is 0 Å². The monoisotopic (exact) mass is 400 g/mol. The van der Waals surface area contributed by atoms with E-state index in [2.05, 4.69) is 35.3 Å². The Balaban J connectivity index is 1.32. The molecule has 5 heteroatoms. The van der Waals surface area contributed by atoms with E-state index in [9.17, 15) is 4.79 Å². The van der Waals surface area contributed by atoms with Gasteiger partial charge >= 0.3 is 0 Å². The number of para-hydroxylation sites is 1. The number of fused-ring (bicyclic) bond motifs is 1. The van der Waals surface area contributed by atoms with E-state index in [1.54, 1.807) is 6.07 Å². The summed E-state index contributed by atoms with van der Waals surface area (Å²) in [6, 6.07) is 16.1. The first-order valence-electron chi connectivity index (χ1n) is 9.39. The standard InChI is InChI=1S/C22H22Cl2N2O/c23-18-7-5-15(19(24)14-18)6-8-22(27)26-11-9-16(10-12-26)21-13-17-3-1-2-4-20(17)25-21/h1-5,7,13-14,16,25H,6,8-12H2. The molecule has 1 fully saturated rings. The molecule has 0 unspecified atom stereocenters. The summed E-state index contributed by atoms with van der Waals surface area (Å²) in [5.74, 6) is 0.697. The lowest BCUT2D eigenvalue weighted by molar-refractivity contribution is -0.132. The van der Waals surface area contributed by atoms with E-state index in [1.165, 1.54) is 16.6 Å². The van der Waals surface area contributed by atoms with E-state index in [4.69, 9.17) is 23.2 Å². The lowest BCUT2D eigenvalue weighted by Crippen LogP contribution is -2.38. The zero-order chi connectivity index (χ0) is 18.8. The lowest BCUT2D eigenvalue weighted by atomic mass is 9.93. The number of amides is 1. The highest BCUT2D eigenvalue weighted by atomic mass is 35.5. The van der Waals surface area contributed by atoms with E-state index < -0.39 is 0 Å². The number of H-pyrrole nitrogens is 1. The third-order valence-electron chi connectivity index (χ3n) is 5.46. The Kier molecular flexibility index (Phi) is 5.42. The van der Waals surface area contributed by atoms with Crippen LogP contribution in [0.3, 0.4) is 0 Å². The summed E-state index contributed by atoms with van der Waals surface area (Å²) in [6.07, 6.45) is 3.13. The lowest BCUT2D eigenvalue weighted by Gasteiger charge is -2.31. The van der Waals surface area contributed by atoms with Crippen molar-refractivity contribution in [1.82, 2.24) is 9.88 Å². The molecular formula is C22H22Cl2N2O. The first kappa shape index (κ1) is 18.4. The second kappa shape index (κ2) is 7.95. The molecule has 4 rings (SSSR count). The number of carbonyl (C=O) groups is 1. The summed E-state index contributed by atoms with van der Waals surface area (Å²) in [5, 5.41) is 2.51. The normalized spacial score (nSPS) is 15.4. The summed E-state index contributed by atoms with van der Waals surface area (Å²) in [7, 11) is 0. The second-order valence-corrected chi connectivity index (χ2v) is 8.05. The topological polar surface area (TPSA) is 36.1 Å². The van der Waals surface area contributed by atoms with Crippen molar-refractivity contribution < 1.29 is 4.79 Å². The SMILES string of the molecule is O=C(CCc1ccc(Cl)cc1Cl)N1CCC(c2cc3ccccc3[nH]2)CC1. The Bertz CT molecular complexity index is 925. The fourth-order valence-electron chi connectivity index (χ4n) is 3.88. The number of nitrogens with one attached hydrogen (secondary N) is 1. The molecule has 27 heavy (non-hydrogen) atoms. The van der Waals surface area contributed by atoms with Crippen LogP contribution in [0.4, 0.5) is 0 Å².